The maximum Gasteiger partial charge on any atom is 0.234 e. The van der Waals surface area contributed by atoms with E-state index in [9.17, 15) is 4.79 Å². The molecule has 0 fully saturated rings. The van der Waals surface area contributed by atoms with Crippen molar-refractivity contribution in [3.05, 3.63) is 59.9 Å². The number of rotatable bonds is 6. The zero-order valence-corrected chi connectivity index (χ0v) is 15.8. The van der Waals surface area contributed by atoms with Crippen molar-refractivity contribution in [2.24, 2.45) is 0 Å². The Balaban J connectivity index is 1.69. The average molecular weight is 378 g/mol. The number of aryl methyl sites for hydroxylation is 1. The Bertz CT molecular complexity index is 990. The molecule has 1 N–H and O–H groups in total. The maximum atomic E-state index is 12.3. The van der Waals surface area contributed by atoms with Crippen LogP contribution < -0.4 is 10.1 Å². The summed E-state index contributed by atoms with van der Waals surface area (Å²) in [5, 5.41) is 11.8. The summed E-state index contributed by atoms with van der Waals surface area (Å²) in [6, 6.07) is 14.8. The number of ether oxygens (including phenoxy) is 1. The predicted molar refractivity (Wildman–Crippen MR) is 106 cm³/mol. The van der Waals surface area contributed by atoms with Crippen LogP contribution in [-0.4, -0.2) is 33.5 Å². The molecule has 0 aliphatic carbocycles. The van der Waals surface area contributed by atoms with E-state index in [4.69, 9.17) is 11.2 Å². The Morgan fingerprint density at radius 1 is 1.26 bits per heavy atom. The molecule has 0 aliphatic heterocycles. The van der Waals surface area contributed by atoms with Gasteiger partial charge < -0.3 is 10.1 Å². The molecule has 2 aromatic carbocycles. The molecule has 1 amide bonds. The second-order valence-electron chi connectivity index (χ2n) is 5.63. The molecule has 1 aromatic heterocycles. The van der Waals surface area contributed by atoms with Crippen molar-refractivity contribution in [3.8, 4) is 23.8 Å². The normalized spacial score (nSPS) is 10.3. The molecule has 7 heteroatoms. The third kappa shape index (κ3) is 4.49. The number of hydrogen-bond donors (Lipinski definition) is 1. The molecule has 0 spiro atoms. The van der Waals surface area contributed by atoms with E-state index in [0.717, 1.165) is 22.8 Å². The lowest BCUT2D eigenvalue weighted by molar-refractivity contribution is -0.113. The molecule has 3 aromatic rings. The van der Waals surface area contributed by atoms with Crippen LogP contribution in [0, 0.1) is 19.3 Å². The van der Waals surface area contributed by atoms with Crippen LogP contribution in [0.25, 0.3) is 5.69 Å². The fourth-order valence-corrected chi connectivity index (χ4v) is 3.28. The molecule has 0 saturated carbocycles. The van der Waals surface area contributed by atoms with Crippen molar-refractivity contribution in [2.45, 2.75) is 12.1 Å². The second-order valence-corrected chi connectivity index (χ2v) is 6.57. The predicted octanol–water partition coefficient (Wildman–Crippen LogP) is 3.30. The molecule has 27 heavy (non-hydrogen) atoms. The number of carbonyl (C=O) groups excluding carboxylic acids is 1. The van der Waals surface area contributed by atoms with Crippen molar-refractivity contribution >= 4 is 23.4 Å². The number of nitrogens with zero attached hydrogens (tertiary/aromatic N) is 3. The molecule has 1 heterocycles. The Kier molecular flexibility index (Phi) is 5.79. The van der Waals surface area contributed by atoms with Gasteiger partial charge in [0.2, 0.25) is 5.91 Å². The van der Waals surface area contributed by atoms with Crippen molar-refractivity contribution in [1.29, 1.82) is 0 Å². The third-order valence-corrected chi connectivity index (χ3v) is 4.70. The summed E-state index contributed by atoms with van der Waals surface area (Å²) in [6.45, 7) is 1.87. The minimum absolute atomic E-state index is 0.142. The van der Waals surface area contributed by atoms with E-state index in [1.165, 1.54) is 11.8 Å². The Hall–Kier alpha value is -3.24. The highest BCUT2D eigenvalue weighted by Gasteiger charge is 2.13. The van der Waals surface area contributed by atoms with Crippen molar-refractivity contribution in [2.75, 3.05) is 18.2 Å². The first-order valence-corrected chi connectivity index (χ1v) is 9.15. The van der Waals surface area contributed by atoms with E-state index in [1.54, 1.807) is 19.2 Å². The summed E-state index contributed by atoms with van der Waals surface area (Å²) < 4.78 is 7.09. The van der Waals surface area contributed by atoms with Crippen LogP contribution in [0.4, 0.5) is 5.69 Å². The number of aromatic nitrogens is 3. The highest BCUT2D eigenvalue weighted by atomic mass is 32.2. The standard InChI is InChI=1S/C20H18N4O2S/c1-4-15-6-5-7-16(12-15)21-19(25)13-27-20-23-22-14(2)24(20)17-8-10-18(26-3)11-9-17/h1,5-12H,13H2,2-3H3,(H,21,25). The van der Waals surface area contributed by atoms with E-state index in [0.29, 0.717) is 10.8 Å². The number of methoxy groups -OCH3 is 1. The zero-order chi connectivity index (χ0) is 19.2. The number of carbonyl (C=O) groups is 1. The Labute approximate surface area is 162 Å². The summed E-state index contributed by atoms with van der Waals surface area (Å²) in [7, 11) is 1.62. The molecule has 0 saturated heterocycles. The number of anilines is 1. The van der Waals surface area contributed by atoms with Gasteiger partial charge in [0, 0.05) is 16.9 Å². The highest BCUT2D eigenvalue weighted by molar-refractivity contribution is 7.99. The number of thioether (sulfide) groups is 1. The van der Waals surface area contributed by atoms with Gasteiger partial charge in [0.1, 0.15) is 11.6 Å². The van der Waals surface area contributed by atoms with Gasteiger partial charge in [-0.2, -0.15) is 0 Å². The first-order valence-electron chi connectivity index (χ1n) is 8.16. The van der Waals surface area contributed by atoms with E-state index >= 15 is 0 Å². The largest absolute Gasteiger partial charge is 0.497 e. The lowest BCUT2D eigenvalue weighted by Gasteiger charge is -2.09. The minimum atomic E-state index is -0.142. The van der Waals surface area contributed by atoms with Gasteiger partial charge >= 0.3 is 0 Å². The van der Waals surface area contributed by atoms with Crippen LogP contribution in [0.15, 0.2) is 53.7 Å². The molecule has 0 unspecified atom stereocenters. The number of benzene rings is 2. The Morgan fingerprint density at radius 3 is 2.74 bits per heavy atom. The third-order valence-electron chi connectivity index (χ3n) is 3.77. The quantitative estimate of drug-likeness (QED) is 0.526. The lowest BCUT2D eigenvalue weighted by atomic mass is 10.2. The van der Waals surface area contributed by atoms with Gasteiger partial charge in [0.15, 0.2) is 5.16 Å². The fraction of sp³-hybridized carbons (Fsp3) is 0.150. The van der Waals surface area contributed by atoms with Crippen LogP contribution in [0.1, 0.15) is 11.4 Å². The van der Waals surface area contributed by atoms with Crippen LogP contribution >= 0.6 is 11.8 Å². The first kappa shape index (κ1) is 18.5. The topological polar surface area (TPSA) is 69.0 Å². The molecule has 0 aliphatic rings. The van der Waals surface area contributed by atoms with Gasteiger partial charge in [-0.3, -0.25) is 9.36 Å². The smallest absolute Gasteiger partial charge is 0.234 e. The maximum absolute atomic E-state index is 12.3. The number of amides is 1. The second kappa shape index (κ2) is 8.43. The van der Waals surface area contributed by atoms with Crippen molar-refractivity contribution < 1.29 is 9.53 Å². The molecule has 0 radical (unpaired) electrons. The van der Waals surface area contributed by atoms with Crippen molar-refractivity contribution in [3.63, 3.8) is 0 Å². The monoisotopic (exact) mass is 378 g/mol. The van der Waals surface area contributed by atoms with Crippen LogP contribution in [0.2, 0.25) is 0 Å². The van der Waals surface area contributed by atoms with E-state index in [-0.39, 0.29) is 11.7 Å². The van der Waals surface area contributed by atoms with Gasteiger partial charge in [-0.1, -0.05) is 23.7 Å². The van der Waals surface area contributed by atoms with E-state index in [2.05, 4.69) is 21.4 Å². The molecule has 0 atom stereocenters. The number of nitrogens with one attached hydrogen (secondary N) is 1. The van der Waals surface area contributed by atoms with Crippen LogP contribution in [0.3, 0.4) is 0 Å². The molecule has 6 nitrogen and oxygen atoms in total. The summed E-state index contributed by atoms with van der Waals surface area (Å²) in [6.07, 6.45) is 5.38. The molecule has 0 bridgehead atoms. The lowest BCUT2D eigenvalue weighted by Crippen LogP contribution is -2.14. The van der Waals surface area contributed by atoms with Gasteiger partial charge in [-0.15, -0.1) is 16.6 Å². The van der Waals surface area contributed by atoms with Gasteiger partial charge in [-0.05, 0) is 49.4 Å². The molecule has 3 rings (SSSR count). The van der Waals surface area contributed by atoms with Gasteiger partial charge in [-0.25, -0.2) is 0 Å². The summed E-state index contributed by atoms with van der Waals surface area (Å²) in [5.74, 6) is 4.12. The van der Waals surface area contributed by atoms with Gasteiger partial charge in [0.05, 0.1) is 12.9 Å². The van der Waals surface area contributed by atoms with Crippen LogP contribution in [0.5, 0.6) is 5.75 Å². The molecule has 136 valence electrons. The summed E-state index contributed by atoms with van der Waals surface area (Å²) in [4.78, 5) is 12.3. The fourth-order valence-electron chi connectivity index (χ4n) is 2.48. The summed E-state index contributed by atoms with van der Waals surface area (Å²) in [5.41, 5.74) is 2.29. The zero-order valence-electron chi connectivity index (χ0n) is 15.0. The van der Waals surface area contributed by atoms with Crippen LogP contribution in [-0.2, 0) is 4.79 Å². The van der Waals surface area contributed by atoms with E-state index < -0.39 is 0 Å². The van der Waals surface area contributed by atoms with Crippen molar-refractivity contribution in [1.82, 2.24) is 14.8 Å². The molecular formula is C20H18N4O2S. The highest BCUT2D eigenvalue weighted by Crippen LogP contribution is 2.23. The Morgan fingerprint density at radius 2 is 2.04 bits per heavy atom. The SMILES string of the molecule is C#Cc1cccc(NC(=O)CSc2nnc(C)n2-c2ccc(OC)cc2)c1. The number of hydrogen-bond acceptors (Lipinski definition) is 5. The molecular weight excluding hydrogens is 360 g/mol. The van der Waals surface area contributed by atoms with E-state index in [1.807, 2.05) is 47.9 Å². The number of terminal acetylenes is 1. The average Bonchev–Trinajstić information content (AvgIpc) is 3.07. The minimum Gasteiger partial charge on any atom is -0.497 e. The first-order chi connectivity index (χ1) is 13.1. The van der Waals surface area contributed by atoms with Gasteiger partial charge in [0.25, 0.3) is 0 Å². The summed E-state index contributed by atoms with van der Waals surface area (Å²) >= 11 is 1.32.